The van der Waals surface area contributed by atoms with Crippen LogP contribution in [0.4, 0.5) is 0 Å². The topological polar surface area (TPSA) is 63.2 Å². The van der Waals surface area contributed by atoms with Crippen molar-refractivity contribution in [2.45, 2.75) is 115 Å². The zero-order valence-electron chi connectivity index (χ0n) is 20.5. The van der Waals surface area contributed by atoms with Crippen LogP contribution in [-0.4, -0.2) is 59.4 Å². The van der Waals surface area contributed by atoms with Gasteiger partial charge >= 0.3 is 0 Å². The molecule has 2 aliphatic rings. The van der Waals surface area contributed by atoms with E-state index in [2.05, 4.69) is 67.7 Å². The van der Waals surface area contributed by atoms with E-state index in [9.17, 15) is 4.79 Å². The first-order valence-electron chi connectivity index (χ1n) is 10.6. The number of Topliss-reactive ketones (excluding diaryl/α,β-unsaturated/α-hetero) is 1. The highest BCUT2D eigenvalue weighted by Gasteiger charge is 2.65. The maximum atomic E-state index is 13.1. The Hall–Kier alpha value is -0.0962. The fourth-order valence-electron chi connectivity index (χ4n) is 2.95. The SMILES string of the molecule is CC1(C)O[C@H]2C(=O)[C@H](CO[Si](C)(C)C(C)(C)C)O[C@@]2(CO[Si](C)(C)C(C)(C)C)O1. The van der Waals surface area contributed by atoms with Gasteiger partial charge in [-0.25, -0.2) is 0 Å². The average molecular weight is 447 g/mol. The van der Waals surface area contributed by atoms with Crippen LogP contribution in [0.3, 0.4) is 0 Å². The predicted molar refractivity (Wildman–Crippen MR) is 119 cm³/mol. The third kappa shape index (κ3) is 5.05. The van der Waals surface area contributed by atoms with E-state index < -0.39 is 40.4 Å². The molecular weight excluding hydrogens is 404 g/mol. The minimum Gasteiger partial charge on any atom is -0.414 e. The summed E-state index contributed by atoms with van der Waals surface area (Å²) in [6.45, 7) is 25.8. The van der Waals surface area contributed by atoms with E-state index in [1.165, 1.54) is 0 Å². The van der Waals surface area contributed by atoms with E-state index in [1.54, 1.807) is 13.8 Å². The van der Waals surface area contributed by atoms with Crippen LogP contribution in [0, 0.1) is 0 Å². The molecule has 2 rings (SSSR count). The Morgan fingerprint density at radius 2 is 1.38 bits per heavy atom. The Balaban J connectivity index is 2.18. The molecule has 2 heterocycles. The number of carbonyl (C=O) groups excluding carboxylic acids is 1. The third-order valence-electron chi connectivity index (χ3n) is 6.98. The lowest BCUT2D eigenvalue weighted by atomic mass is 10.1. The van der Waals surface area contributed by atoms with Crippen LogP contribution in [0.1, 0.15) is 55.4 Å². The van der Waals surface area contributed by atoms with Crippen molar-refractivity contribution in [3.05, 3.63) is 0 Å². The number of fused-ring (bicyclic) bond motifs is 1. The number of hydrogen-bond donors (Lipinski definition) is 0. The molecule has 0 spiro atoms. The third-order valence-corrected chi connectivity index (χ3v) is 16.0. The molecule has 0 aromatic heterocycles. The van der Waals surface area contributed by atoms with E-state index >= 15 is 0 Å². The summed E-state index contributed by atoms with van der Waals surface area (Å²) in [6.07, 6.45) is -1.50. The molecule has 0 aliphatic carbocycles. The molecule has 0 unspecified atom stereocenters. The van der Waals surface area contributed by atoms with Crippen molar-refractivity contribution in [2.75, 3.05) is 13.2 Å². The van der Waals surface area contributed by atoms with Gasteiger partial charge in [0.15, 0.2) is 34.3 Å². The maximum Gasteiger partial charge on any atom is 0.228 e. The summed E-state index contributed by atoms with van der Waals surface area (Å²) in [7, 11) is -4.05. The van der Waals surface area contributed by atoms with Crippen LogP contribution in [0.25, 0.3) is 0 Å². The highest BCUT2D eigenvalue weighted by atomic mass is 28.4. The maximum absolute atomic E-state index is 13.1. The molecular formula is C21H42O6Si2. The van der Waals surface area contributed by atoms with Crippen LogP contribution < -0.4 is 0 Å². The fourth-order valence-corrected chi connectivity index (χ4v) is 4.95. The zero-order chi connectivity index (χ0) is 22.7. The summed E-state index contributed by atoms with van der Waals surface area (Å²) in [5.74, 6) is -2.23. The molecule has 0 bridgehead atoms. The molecule has 0 saturated carbocycles. The van der Waals surface area contributed by atoms with E-state index in [0.717, 1.165) is 0 Å². The standard InChI is InChI=1S/C21H42O6Si2/c1-18(2,3)28(9,10)23-13-15-16(22)17-21(25-15,27-20(7,8)26-17)14-24-29(11,12)19(4,5)6/h15,17H,13-14H2,1-12H3/t15-,17-,21-/m0/s1. The van der Waals surface area contributed by atoms with Crippen LogP contribution >= 0.6 is 0 Å². The van der Waals surface area contributed by atoms with Crippen LogP contribution in [-0.2, 0) is 27.9 Å². The van der Waals surface area contributed by atoms with E-state index in [4.69, 9.17) is 23.1 Å². The van der Waals surface area contributed by atoms with Gasteiger partial charge in [0.05, 0.1) is 13.2 Å². The van der Waals surface area contributed by atoms with Gasteiger partial charge in [-0.15, -0.1) is 0 Å². The van der Waals surface area contributed by atoms with Gasteiger partial charge in [-0.3, -0.25) is 4.79 Å². The summed E-state index contributed by atoms with van der Waals surface area (Å²) < 4.78 is 31.0. The number of rotatable bonds is 6. The first-order chi connectivity index (χ1) is 12.7. The second-order valence-corrected chi connectivity index (χ2v) is 21.6. The molecule has 0 amide bonds. The molecule has 170 valence electrons. The lowest BCUT2D eigenvalue weighted by Gasteiger charge is -2.39. The number of ether oxygens (including phenoxy) is 3. The minimum absolute atomic E-state index is 0.0432. The predicted octanol–water partition coefficient (Wildman–Crippen LogP) is 4.85. The highest BCUT2D eigenvalue weighted by molar-refractivity contribution is 6.74. The monoisotopic (exact) mass is 446 g/mol. The quantitative estimate of drug-likeness (QED) is 0.544. The van der Waals surface area contributed by atoms with Gasteiger partial charge in [0.25, 0.3) is 0 Å². The Kier molecular flexibility index (Phi) is 6.51. The van der Waals surface area contributed by atoms with Gasteiger partial charge in [0.2, 0.25) is 5.79 Å². The smallest absolute Gasteiger partial charge is 0.228 e. The van der Waals surface area contributed by atoms with Crippen molar-refractivity contribution in [2.24, 2.45) is 0 Å². The summed E-state index contributed by atoms with van der Waals surface area (Å²) in [5.41, 5.74) is 0. The van der Waals surface area contributed by atoms with Crippen molar-refractivity contribution in [1.29, 1.82) is 0 Å². The summed E-state index contributed by atoms with van der Waals surface area (Å²) >= 11 is 0. The van der Waals surface area contributed by atoms with Gasteiger partial charge in [-0.2, -0.15) is 0 Å². The molecule has 2 saturated heterocycles. The van der Waals surface area contributed by atoms with Crippen molar-refractivity contribution in [3.63, 3.8) is 0 Å². The zero-order valence-corrected chi connectivity index (χ0v) is 22.5. The molecule has 6 nitrogen and oxygen atoms in total. The molecule has 8 heteroatoms. The largest absolute Gasteiger partial charge is 0.414 e. The Labute approximate surface area is 179 Å². The molecule has 0 radical (unpaired) electrons. The van der Waals surface area contributed by atoms with Crippen LogP contribution in [0.2, 0.25) is 36.3 Å². The first kappa shape index (κ1) is 25.2. The second-order valence-electron chi connectivity index (χ2n) is 11.9. The molecule has 0 aromatic carbocycles. The number of carbonyl (C=O) groups is 1. The van der Waals surface area contributed by atoms with Gasteiger partial charge in [0, 0.05) is 0 Å². The van der Waals surface area contributed by atoms with Crippen molar-refractivity contribution in [1.82, 2.24) is 0 Å². The van der Waals surface area contributed by atoms with Crippen molar-refractivity contribution < 1.29 is 27.9 Å². The highest BCUT2D eigenvalue weighted by Crippen LogP contribution is 2.46. The fraction of sp³-hybridized carbons (Fsp3) is 0.952. The Bertz CT molecular complexity index is 632. The Morgan fingerprint density at radius 1 is 0.897 bits per heavy atom. The van der Waals surface area contributed by atoms with Gasteiger partial charge in [-0.1, -0.05) is 41.5 Å². The normalized spacial score (nSPS) is 30.7. The van der Waals surface area contributed by atoms with Crippen molar-refractivity contribution >= 4 is 22.4 Å². The molecule has 3 atom stereocenters. The van der Waals surface area contributed by atoms with Crippen molar-refractivity contribution in [3.8, 4) is 0 Å². The average Bonchev–Trinajstić information content (AvgIpc) is 2.90. The number of hydrogen-bond acceptors (Lipinski definition) is 6. The molecule has 2 aliphatic heterocycles. The summed E-state index contributed by atoms with van der Waals surface area (Å²) in [5, 5.41) is 0.101. The lowest BCUT2D eigenvalue weighted by molar-refractivity contribution is -0.270. The van der Waals surface area contributed by atoms with Crippen LogP contribution in [0.15, 0.2) is 0 Å². The molecule has 0 N–H and O–H groups in total. The summed E-state index contributed by atoms with van der Waals surface area (Å²) in [4.78, 5) is 13.1. The molecule has 29 heavy (non-hydrogen) atoms. The Morgan fingerprint density at radius 3 is 1.86 bits per heavy atom. The molecule has 0 aromatic rings. The first-order valence-corrected chi connectivity index (χ1v) is 16.4. The van der Waals surface area contributed by atoms with E-state index in [-0.39, 0.29) is 29.1 Å². The molecule has 2 fully saturated rings. The lowest BCUT2D eigenvalue weighted by Crippen LogP contribution is -2.50. The van der Waals surface area contributed by atoms with Gasteiger partial charge in [0.1, 0.15) is 6.10 Å². The number of ketones is 1. The van der Waals surface area contributed by atoms with Gasteiger partial charge in [-0.05, 0) is 50.1 Å². The second kappa shape index (κ2) is 7.50. The van der Waals surface area contributed by atoms with Crippen LogP contribution in [0.5, 0.6) is 0 Å². The van der Waals surface area contributed by atoms with E-state index in [0.29, 0.717) is 0 Å². The minimum atomic E-state index is -2.05. The van der Waals surface area contributed by atoms with Gasteiger partial charge < -0.3 is 23.1 Å². The summed E-state index contributed by atoms with van der Waals surface area (Å²) in [6, 6.07) is 0. The van der Waals surface area contributed by atoms with E-state index in [1.807, 2.05) is 0 Å².